The summed E-state index contributed by atoms with van der Waals surface area (Å²) in [6.07, 6.45) is 2.85. The first-order valence-electron chi connectivity index (χ1n) is 8.59. The van der Waals surface area contributed by atoms with E-state index in [1.54, 1.807) is 12.1 Å². The monoisotopic (exact) mass is 383 g/mol. The Morgan fingerprint density at radius 1 is 1.00 bits per heavy atom. The summed E-state index contributed by atoms with van der Waals surface area (Å²) in [4.78, 5) is 12.6. The van der Waals surface area contributed by atoms with Crippen LogP contribution < -0.4 is 5.32 Å². The van der Waals surface area contributed by atoms with Gasteiger partial charge in [0.05, 0.1) is 4.90 Å². The zero-order valence-electron chi connectivity index (χ0n) is 14.9. The molecule has 0 amide bonds. The van der Waals surface area contributed by atoms with Crippen LogP contribution >= 0.6 is 0 Å². The molecule has 1 aliphatic rings. The van der Waals surface area contributed by atoms with Gasteiger partial charge < -0.3 is 10.4 Å². The molecule has 0 bridgehead atoms. The van der Waals surface area contributed by atoms with Crippen molar-refractivity contribution in [2.45, 2.75) is 23.6 Å². The molecule has 0 fully saturated rings. The van der Waals surface area contributed by atoms with E-state index in [9.17, 15) is 18.3 Å². The van der Waals surface area contributed by atoms with E-state index in [1.165, 1.54) is 24.3 Å². The van der Waals surface area contributed by atoms with Gasteiger partial charge in [-0.15, -0.1) is 0 Å². The number of nitrogens with one attached hydrogen (secondary N) is 1. The number of rotatable bonds is 6. The minimum Gasteiger partial charge on any atom is -0.504 e. The lowest BCUT2D eigenvalue weighted by Gasteiger charge is -2.19. The summed E-state index contributed by atoms with van der Waals surface area (Å²) in [6.45, 7) is 2.69. The third-order valence-corrected chi connectivity index (χ3v) is 6.41. The maximum absolute atomic E-state index is 12.7. The number of aliphatic hydroxyl groups is 1. The summed E-state index contributed by atoms with van der Waals surface area (Å²) in [5, 5.41) is 12.0. The van der Waals surface area contributed by atoms with Crippen molar-refractivity contribution >= 4 is 15.6 Å². The fourth-order valence-corrected chi connectivity index (χ4v) is 4.35. The Morgan fingerprint density at radius 3 is 2.33 bits per heavy atom. The average Bonchev–Trinajstić information content (AvgIpc) is 2.66. The summed E-state index contributed by atoms with van der Waals surface area (Å²) < 4.78 is 25.5. The van der Waals surface area contributed by atoms with Crippen molar-refractivity contribution in [1.29, 1.82) is 0 Å². The number of aliphatic hydroxyl groups excluding tert-OH is 1. The highest BCUT2D eigenvalue weighted by atomic mass is 32.2. The number of carbonyl (C=O) groups excluding carboxylic acids is 1. The van der Waals surface area contributed by atoms with Gasteiger partial charge >= 0.3 is 0 Å². The molecule has 27 heavy (non-hydrogen) atoms. The molecule has 6 heteroatoms. The van der Waals surface area contributed by atoms with E-state index in [0.717, 1.165) is 11.1 Å². The fourth-order valence-electron chi connectivity index (χ4n) is 2.86. The SMILES string of the molecule is Cc1ccc(S(=O)(=O)C2C=CC(CNCc3ccccc3)=C(O)C2=O)cc1. The Hall–Kier alpha value is -2.70. The predicted octanol–water partition coefficient (Wildman–Crippen LogP) is 2.88. The van der Waals surface area contributed by atoms with Crippen molar-refractivity contribution in [3.05, 3.63) is 89.2 Å². The Labute approximate surface area is 159 Å². The van der Waals surface area contributed by atoms with Crippen LogP contribution in [0.4, 0.5) is 0 Å². The summed E-state index contributed by atoms with van der Waals surface area (Å²) in [7, 11) is -3.90. The molecule has 0 aliphatic heterocycles. The second-order valence-corrected chi connectivity index (χ2v) is 8.53. The molecule has 1 aliphatic carbocycles. The van der Waals surface area contributed by atoms with E-state index in [4.69, 9.17) is 0 Å². The Morgan fingerprint density at radius 2 is 1.67 bits per heavy atom. The minimum absolute atomic E-state index is 0.0644. The van der Waals surface area contributed by atoms with Crippen LogP contribution in [0.2, 0.25) is 0 Å². The molecule has 2 aromatic rings. The highest BCUT2D eigenvalue weighted by Crippen LogP contribution is 2.24. The topological polar surface area (TPSA) is 83.5 Å². The minimum atomic E-state index is -3.90. The predicted molar refractivity (Wildman–Crippen MR) is 104 cm³/mol. The molecule has 0 spiro atoms. The summed E-state index contributed by atoms with van der Waals surface area (Å²) in [5.41, 5.74) is 2.38. The maximum Gasteiger partial charge on any atom is 0.219 e. The Balaban J connectivity index is 1.72. The van der Waals surface area contributed by atoms with Crippen molar-refractivity contribution in [1.82, 2.24) is 5.32 Å². The first kappa shape index (κ1) is 19.1. The number of Topliss-reactive ketones (excluding diaryl/α,β-unsaturated/α-hetero) is 1. The lowest BCUT2D eigenvalue weighted by Crippen LogP contribution is -2.33. The molecule has 1 atom stereocenters. The molecular weight excluding hydrogens is 362 g/mol. The van der Waals surface area contributed by atoms with E-state index in [-0.39, 0.29) is 11.4 Å². The number of benzene rings is 2. The van der Waals surface area contributed by atoms with E-state index >= 15 is 0 Å². The standard InChI is InChI=1S/C21H21NO4S/c1-15-7-10-18(11-8-15)27(25,26)19-12-9-17(20(23)21(19)24)14-22-13-16-5-3-2-4-6-16/h2-12,19,22-23H,13-14H2,1H3. The van der Waals surface area contributed by atoms with Crippen LogP contribution in [0.3, 0.4) is 0 Å². The van der Waals surface area contributed by atoms with Crippen molar-refractivity contribution in [2.24, 2.45) is 0 Å². The van der Waals surface area contributed by atoms with Crippen LogP contribution in [0.5, 0.6) is 0 Å². The number of ketones is 1. The highest BCUT2D eigenvalue weighted by molar-refractivity contribution is 7.93. The van der Waals surface area contributed by atoms with Gasteiger partial charge in [-0.2, -0.15) is 0 Å². The normalized spacial score (nSPS) is 17.4. The number of allylic oxidation sites excluding steroid dienone is 1. The lowest BCUT2D eigenvalue weighted by molar-refractivity contribution is -0.117. The fraction of sp³-hybridized carbons (Fsp3) is 0.190. The molecule has 0 aromatic heterocycles. The van der Waals surface area contributed by atoms with Gasteiger partial charge in [-0.25, -0.2) is 8.42 Å². The van der Waals surface area contributed by atoms with Crippen molar-refractivity contribution in [2.75, 3.05) is 6.54 Å². The van der Waals surface area contributed by atoms with Crippen molar-refractivity contribution in [3.63, 3.8) is 0 Å². The van der Waals surface area contributed by atoms with Gasteiger partial charge in [-0.05, 0) is 24.6 Å². The van der Waals surface area contributed by atoms with Crippen LogP contribution in [0.15, 0.2) is 83.0 Å². The maximum atomic E-state index is 12.7. The van der Waals surface area contributed by atoms with Gasteiger partial charge in [0, 0.05) is 18.7 Å². The first-order chi connectivity index (χ1) is 12.9. The smallest absolute Gasteiger partial charge is 0.219 e. The molecule has 140 valence electrons. The molecule has 0 heterocycles. The van der Waals surface area contributed by atoms with Gasteiger partial charge in [0.2, 0.25) is 5.78 Å². The summed E-state index contributed by atoms with van der Waals surface area (Å²) in [5.74, 6) is -1.30. The third kappa shape index (κ3) is 4.18. The van der Waals surface area contributed by atoms with Crippen LogP contribution in [0.25, 0.3) is 0 Å². The molecular formula is C21H21NO4S. The number of aryl methyl sites for hydroxylation is 1. The Bertz CT molecular complexity index is 990. The molecule has 2 N–H and O–H groups in total. The number of carbonyl (C=O) groups is 1. The molecule has 2 aromatic carbocycles. The van der Waals surface area contributed by atoms with Crippen LogP contribution in [-0.4, -0.2) is 31.1 Å². The zero-order chi connectivity index (χ0) is 19.4. The van der Waals surface area contributed by atoms with Crippen molar-refractivity contribution in [3.8, 4) is 0 Å². The number of hydrogen-bond donors (Lipinski definition) is 2. The van der Waals surface area contributed by atoms with E-state index < -0.39 is 26.6 Å². The van der Waals surface area contributed by atoms with E-state index in [0.29, 0.717) is 12.1 Å². The van der Waals surface area contributed by atoms with Gasteiger partial charge in [-0.1, -0.05) is 60.2 Å². The van der Waals surface area contributed by atoms with E-state index in [2.05, 4.69) is 5.32 Å². The third-order valence-electron chi connectivity index (χ3n) is 4.44. The van der Waals surface area contributed by atoms with Gasteiger partial charge in [0.25, 0.3) is 0 Å². The molecule has 0 radical (unpaired) electrons. The van der Waals surface area contributed by atoms with Gasteiger partial charge in [-0.3, -0.25) is 4.79 Å². The number of hydrogen-bond acceptors (Lipinski definition) is 5. The lowest BCUT2D eigenvalue weighted by atomic mass is 10.0. The second-order valence-electron chi connectivity index (χ2n) is 6.47. The molecule has 1 unspecified atom stereocenters. The molecule has 0 saturated carbocycles. The van der Waals surface area contributed by atoms with Crippen molar-refractivity contribution < 1.29 is 18.3 Å². The number of sulfone groups is 1. The summed E-state index contributed by atoms with van der Waals surface area (Å²) >= 11 is 0. The molecule has 5 nitrogen and oxygen atoms in total. The summed E-state index contributed by atoms with van der Waals surface area (Å²) in [6, 6.07) is 16.0. The Kier molecular flexibility index (Phi) is 5.58. The zero-order valence-corrected chi connectivity index (χ0v) is 15.7. The molecule has 0 saturated heterocycles. The largest absolute Gasteiger partial charge is 0.504 e. The quantitative estimate of drug-likeness (QED) is 0.801. The van der Waals surface area contributed by atoms with Crippen LogP contribution in [0, 0.1) is 6.92 Å². The van der Waals surface area contributed by atoms with Crippen LogP contribution in [-0.2, 0) is 21.2 Å². The average molecular weight is 383 g/mol. The van der Waals surface area contributed by atoms with Gasteiger partial charge in [0.1, 0.15) is 0 Å². The van der Waals surface area contributed by atoms with E-state index in [1.807, 2.05) is 37.3 Å². The molecule has 3 rings (SSSR count). The van der Waals surface area contributed by atoms with Crippen LogP contribution in [0.1, 0.15) is 11.1 Å². The highest BCUT2D eigenvalue weighted by Gasteiger charge is 2.36. The van der Waals surface area contributed by atoms with Gasteiger partial charge in [0.15, 0.2) is 20.8 Å². The first-order valence-corrected chi connectivity index (χ1v) is 10.1. The second kappa shape index (κ2) is 7.90.